The zero-order valence-corrected chi connectivity index (χ0v) is 5.97. The minimum Gasteiger partial charge on any atom is -0.385 e. The van der Waals surface area contributed by atoms with Gasteiger partial charge in [-0.1, -0.05) is 6.07 Å². The molecule has 0 saturated carbocycles. The molecule has 0 aliphatic heterocycles. The number of hydrogen-bond acceptors (Lipinski definition) is 3. The normalized spacial score (nSPS) is 12.5. The molecule has 1 aromatic heterocycles. The molecule has 1 unspecified atom stereocenters. The zero-order chi connectivity index (χ0) is 8.10. The molecule has 0 amide bonds. The first kappa shape index (κ1) is 7.88. The molecule has 0 aromatic carbocycles. The van der Waals surface area contributed by atoms with E-state index in [1.807, 2.05) is 6.07 Å². The number of carbonyl (C=O) groups is 1. The number of rotatable bonds is 3. The van der Waals surface area contributed by atoms with Gasteiger partial charge < -0.3 is 9.90 Å². The minimum atomic E-state index is -0.926. The third kappa shape index (κ3) is 2.47. The van der Waals surface area contributed by atoms with Crippen molar-refractivity contribution < 1.29 is 9.90 Å². The first-order valence-corrected chi connectivity index (χ1v) is 3.36. The third-order valence-corrected chi connectivity index (χ3v) is 1.30. The van der Waals surface area contributed by atoms with E-state index >= 15 is 0 Å². The molecular weight excluding hydrogens is 142 g/mol. The fourth-order valence-electron chi connectivity index (χ4n) is 0.781. The lowest BCUT2D eigenvalue weighted by molar-refractivity contribution is -0.114. The van der Waals surface area contributed by atoms with Crippen LogP contribution in [0.2, 0.25) is 0 Å². The van der Waals surface area contributed by atoms with Gasteiger partial charge in [0.1, 0.15) is 12.4 Å². The van der Waals surface area contributed by atoms with E-state index < -0.39 is 6.10 Å². The first-order valence-electron chi connectivity index (χ1n) is 3.36. The maximum atomic E-state index is 10.0. The van der Waals surface area contributed by atoms with Gasteiger partial charge in [0.2, 0.25) is 0 Å². The van der Waals surface area contributed by atoms with E-state index in [4.69, 9.17) is 5.11 Å². The summed E-state index contributed by atoms with van der Waals surface area (Å²) in [6.07, 6.45) is 1.51. The number of hydrogen-bond donors (Lipinski definition) is 1. The molecule has 1 rings (SSSR count). The molecule has 58 valence electrons. The third-order valence-electron chi connectivity index (χ3n) is 1.30. The van der Waals surface area contributed by atoms with Crippen LogP contribution in [0.3, 0.4) is 0 Å². The van der Waals surface area contributed by atoms with Gasteiger partial charge in [-0.2, -0.15) is 0 Å². The molecule has 0 aliphatic carbocycles. The summed E-state index contributed by atoms with van der Waals surface area (Å²) in [5, 5.41) is 8.90. The van der Waals surface area contributed by atoms with Gasteiger partial charge in [0.15, 0.2) is 0 Å². The molecule has 0 fully saturated rings. The summed E-state index contributed by atoms with van der Waals surface area (Å²) in [6, 6.07) is 5.38. The van der Waals surface area contributed by atoms with Gasteiger partial charge in [-0.3, -0.25) is 4.98 Å². The Hall–Kier alpha value is -1.22. The Morgan fingerprint density at radius 2 is 2.45 bits per heavy atom. The largest absolute Gasteiger partial charge is 0.385 e. The van der Waals surface area contributed by atoms with Gasteiger partial charge in [-0.05, 0) is 12.1 Å². The number of pyridine rings is 1. The summed E-state index contributed by atoms with van der Waals surface area (Å²) in [7, 11) is 0. The predicted molar refractivity (Wildman–Crippen MR) is 40.0 cm³/mol. The highest BCUT2D eigenvalue weighted by molar-refractivity contribution is 5.56. The van der Waals surface area contributed by atoms with Crippen LogP contribution >= 0.6 is 0 Å². The lowest BCUT2D eigenvalue weighted by Gasteiger charge is -2.00. The molecule has 0 aliphatic rings. The van der Waals surface area contributed by atoms with E-state index in [2.05, 4.69) is 4.98 Å². The zero-order valence-electron chi connectivity index (χ0n) is 5.97. The van der Waals surface area contributed by atoms with Crippen molar-refractivity contribution in [3.8, 4) is 0 Å². The Kier molecular flexibility index (Phi) is 2.74. The Bertz CT molecular complexity index is 223. The minimum absolute atomic E-state index is 0.296. The van der Waals surface area contributed by atoms with Crippen LogP contribution in [0.4, 0.5) is 0 Å². The van der Waals surface area contributed by atoms with Crippen molar-refractivity contribution in [1.29, 1.82) is 0 Å². The molecule has 0 bridgehead atoms. The smallest absolute Gasteiger partial charge is 0.148 e. The van der Waals surface area contributed by atoms with Crippen LogP contribution in [0, 0.1) is 0 Å². The van der Waals surface area contributed by atoms with E-state index in [0.717, 1.165) is 5.69 Å². The van der Waals surface area contributed by atoms with Gasteiger partial charge >= 0.3 is 0 Å². The maximum absolute atomic E-state index is 10.0. The van der Waals surface area contributed by atoms with Crippen LogP contribution in [0.15, 0.2) is 24.4 Å². The van der Waals surface area contributed by atoms with Gasteiger partial charge in [0.05, 0.1) is 0 Å². The first-order chi connectivity index (χ1) is 5.33. The second-order valence-electron chi connectivity index (χ2n) is 2.23. The second-order valence-corrected chi connectivity index (χ2v) is 2.23. The molecule has 0 radical (unpaired) electrons. The molecule has 3 nitrogen and oxygen atoms in total. The Morgan fingerprint density at radius 1 is 1.64 bits per heavy atom. The van der Waals surface area contributed by atoms with Crippen LogP contribution in [0.25, 0.3) is 0 Å². The van der Waals surface area contributed by atoms with Crippen molar-refractivity contribution in [3.63, 3.8) is 0 Å². The maximum Gasteiger partial charge on any atom is 0.148 e. The lowest BCUT2D eigenvalue weighted by Crippen LogP contribution is -2.12. The molecule has 11 heavy (non-hydrogen) atoms. The summed E-state index contributed by atoms with van der Waals surface area (Å²) < 4.78 is 0. The number of nitrogens with zero attached hydrogens (tertiary/aromatic N) is 1. The summed E-state index contributed by atoms with van der Waals surface area (Å²) in [6.45, 7) is 0. The van der Waals surface area contributed by atoms with E-state index in [0.29, 0.717) is 12.7 Å². The molecule has 1 heterocycles. The van der Waals surface area contributed by atoms with E-state index in [1.54, 1.807) is 18.3 Å². The SMILES string of the molecule is O=CC(O)Cc1ccccn1. The molecule has 0 saturated heterocycles. The van der Waals surface area contributed by atoms with E-state index in [-0.39, 0.29) is 0 Å². The van der Waals surface area contributed by atoms with Gasteiger partial charge in [0, 0.05) is 18.3 Å². The topological polar surface area (TPSA) is 50.2 Å². The van der Waals surface area contributed by atoms with Crippen molar-refractivity contribution in [2.24, 2.45) is 0 Å². The van der Waals surface area contributed by atoms with Crippen LogP contribution in [-0.4, -0.2) is 22.5 Å². The second kappa shape index (κ2) is 3.83. The number of aliphatic hydroxyl groups is 1. The van der Waals surface area contributed by atoms with E-state index in [9.17, 15) is 4.79 Å². The Labute approximate surface area is 64.7 Å². The van der Waals surface area contributed by atoms with Gasteiger partial charge in [0.25, 0.3) is 0 Å². The van der Waals surface area contributed by atoms with Crippen molar-refractivity contribution >= 4 is 6.29 Å². The molecule has 1 atom stereocenters. The highest BCUT2D eigenvalue weighted by Crippen LogP contribution is 1.96. The van der Waals surface area contributed by atoms with Gasteiger partial charge in [-0.15, -0.1) is 0 Å². The monoisotopic (exact) mass is 151 g/mol. The average Bonchev–Trinajstić information content (AvgIpc) is 2.06. The molecule has 1 N–H and O–H groups in total. The fourth-order valence-corrected chi connectivity index (χ4v) is 0.781. The number of aliphatic hydroxyl groups excluding tert-OH is 1. The van der Waals surface area contributed by atoms with Crippen molar-refractivity contribution in [2.75, 3.05) is 0 Å². The van der Waals surface area contributed by atoms with Crippen molar-refractivity contribution in [1.82, 2.24) is 4.98 Å². The molecule has 1 aromatic rings. The number of aldehydes is 1. The Morgan fingerprint density at radius 3 is 3.00 bits per heavy atom. The predicted octanol–water partition coefficient (Wildman–Crippen LogP) is 0.184. The highest BCUT2D eigenvalue weighted by Gasteiger charge is 2.02. The lowest BCUT2D eigenvalue weighted by atomic mass is 10.2. The van der Waals surface area contributed by atoms with Crippen LogP contribution < -0.4 is 0 Å². The number of aromatic nitrogens is 1. The molecule has 0 spiro atoms. The number of carbonyl (C=O) groups excluding carboxylic acids is 1. The highest BCUT2D eigenvalue weighted by atomic mass is 16.3. The summed E-state index contributed by atoms with van der Waals surface area (Å²) >= 11 is 0. The van der Waals surface area contributed by atoms with Gasteiger partial charge in [-0.25, -0.2) is 0 Å². The van der Waals surface area contributed by atoms with Crippen LogP contribution in [-0.2, 0) is 11.2 Å². The summed E-state index contributed by atoms with van der Waals surface area (Å²) in [5.74, 6) is 0. The van der Waals surface area contributed by atoms with Crippen molar-refractivity contribution in [2.45, 2.75) is 12.5 Å². The average molecular weight is 151 g/mol. The quantitative estimate of drug-likeness (QED) is 0.627. The summed E-state index contributed by atoms with van der Waals surface area (Å²) in [5.41, 5.74) is 0.729. The summed E-state index contributed by atoms with van der Waals surface area (Å²) in [4.78, 5) is 14.0. The van der Waals surface area contributed by atoms with E-state index in [1.165, 1.54) is 0 Å². The van der Waals surface area contributed by atoms with Crippen LogP contribution in [0.5, 0.6) is 0 Å². The molecule has 3 heteroatoms. The standard InChI is InChI=1S/C8H9NO2/c10-6-8(11)5-7-3-1-2-4-9-7/h1-4,6,8,11H,5H2. The fraction of sp³-hybridized carbons (Fsp3) is 0.250. The molecular formula is C8H9NO2. The van der Waals surface area contributed by atoms with Crippen LogP contribution in [0.1, 0.15) is 5.69 Å². The Balaban J connectivity index is 2.57. The van der Waals surface area contributed by atoms with Crippen molar-refractivity contribution in [3.05, 3.63) is 30.1 Å².